The van der Waals surface area contributed by atoms with E-state index in [-0.39, 0.29) is 29.6 Å². The fraction of sp³-hybridized carbons (Fsp3) is 0.250. The van der Waals surface area contributed by atoms with E-state index in [1.165, 1.54) is 18.2 Å². The highest BCUT2D eigenvalue weighted by atomic mass is 19.4. The number of carbonyl (C=O) groups is 1. The van der Waals surface area contributed by atoms with Gasteiger partial charge in [-0.05, 0) is 36.8 Å². The van der Waals surface area contributed by atoms with Gasteiger partial charge in [-0.25, -0.2) is 4.79 Å². The van der Waals surface area contributed by atoms with Crippen LogP contribution in [0, 0.1) is 0 Å². The van der Waals surface area contributed by atoms with E-state index in [0.717, 1.165) is 21.3 Å². The number of ether oxygens (including phenoxy) is 1. The highest BCUT2D eigenvalue weighted by molar-refractivity contribution is 5.80. The molecule has 29 heavy (non-hydrogen) atoms. The maximum Gasteiger partial charge on any atom is 0.416 e. The monoisotopic (exact) mass is 406 g/mol. The number of para-hydroxylation sites is 1. The predicted octanol–water partition coefficient (Wildman–Crippen LogP) is 2.95. The van der Waals surface area contributed by atoms with E-state index in [0.29, 0.717) is 0 Å². The number of alkyl halides is 3. The van der Waals surface area contributed by atoms with Crippen LogP contribution >= 0.6 is 0 Å². The topological polar surface area (TPSA) is 70.3 Å². The zero-order valence-electron chi connectivity index (χ0n) is 15.4. The van der Waals surface area contributed by atoms with Gasteiger partial charge in [-0.15, -0.1) is 0 Å². The average molecular weight is 406 g/mol. The third kappa shape index (κ3) is 4.23. The molecule has 1 heterocycles. The molecule has 1 aromatic heterocycles. The fourth-order valence-corrected chi connectivity index (χ4v) is 2.98. The van der Waals surface area contributed by atoms with Crippen molar-refractivity contribution in [3.63, 3.8) is 0 Å². The Morgan fingerprint density at radius 1 is 1.03 bits per heavy atom. The molecular formula is C20H17F3N2O4. The lowest BCUT2D eigenvalue weighted by Crippen LogP contribution is -2.40. The summed E-state index contributed by atoms with van der Waals surface area (Å²) in [7, 11) is 0. The van der Waals surface area contributed by atoms with Gasteiger partial charge in [-0.2, -0.15) is 13.2 Å². The molecule has 3 rings (SSSR count). The van der Waals surface area contributed by atoms with Crippen LogP contribution in [0.2, 0.25) is 0 Å². The van der Waals surface area contributed by atoms with Crippen molar-refractivity contribution in [2.45, 2.75) is 32.8 Å². The molecule has 3 aromatic rings. The molecule has 0 aliphatic rings. The minimum absolute atomic E-state index is 0.127. The van der Waals surface area contributed by atoms with Crippen LogP contribution in [0.1, 0.15) is 18.1 Å². The van der Waals surface area contributed by atoms with Crippen LogP contribution in [0.4, 0.5) is 13.2 Å². The predicted molar refractivity (Wildman–Crippen MR) is 99.4 cm³/mol. The van der Waals surface area contributed by atoms with Crippen molar-refractivity contribution in [2.75, 3.05) is 0 Å². The summed E-state index contributed by atoms with van der Waals surface area (Å²) in [5.41, 5.74) is -1.51. The first kappa shape index (κ1) is 20.4. The molecule has 0 radical (unpaired) electrons. The Labute approximate surface area is 162 Å². The van der Waals surface area contributed by atoms with E-state index in [1.54, 1.807) is 25.1 Å². The molecule has 0 fully saturated rings. The molecule has 6 nitrogen and oxygen atoms in total. The first-order valence-corrected chi connectivity index (χ1v) is 8.76. The van der Waals surface area contributed by atoms with Crippen LogP contribution < -0.4 is 11.2 Å². The Kier molecular flexibility index (Phi) is 5.58. The largest absolute Gasteiger partial charge is 0.459 e. The molecule has 0 saturated heterocycles. The lowest BCUT2D eigenvalue weighted by atomic mass is 10.1. The van der Waals surface area contributed by atoms with Gasteiger partial charge in [0.25, 0.3) is 5.56 Å². The number of hydrogen-bond donors (Lipinski definition) is 0. The number of aromatic nitrogens is 2. The maximum atomic E-state index is 12.8. The number of nitrogens with zero attached hydrogens (tertiary/aromatic N) is 2. The summed E-state index contributed by atoms with van der Waals surface area (Å²) in [6.07, 6.45) is -4.50. The Morgan fingerprint density at radius 2 is 1.76 bits per heavy atom. The lowest BCUT2D eigenvalue weighted by molar-refractivity contribution is -0.145. The molecule has 0 aliphatic carbocycles. The fourth-order valence-electron chi connectivity index (χ4n) is 2.98. The highest BCUT2D eigenvalue weighted by Gasteiger charge is 2.30. The molecule has 2 aromatic carbocycles. The first-order chi connectivity index (χ1) is 13.7. The summed E-state index contributed by atoms with van der Waals surface area (Å²) < 4.78 is 45.5. The summed E-state index contributed by atoms with van der Waals surface area (Å²) in [5.74, 6) is -0.809. The van der Waals surface area contributed by atoms with Crippen LogP contribution in [0.3, 0.4) is 0 Å². The number of carbonyl (C=O) groups excluding carboxylic acids is 1. The smallest absolute Gasteiger partial charge is 0.416 e. The summed E-state index contributed by atoms with van der Waals surface area (Å²) in [5, 5.41) is 0.277. The van der Waals surface area contributed by atoms with Gasteiger partial charge in [0.2, 0.25) is 0 Å². The Bertz CT molecular complexity index is 1180. The minimum Gasteiger partial charge on any atom is -0.459 e. The van der Waals surface area contributed by atoms with E-state index >= 15 is 0 Å². The molecule has 0 saturated carbocycles. The maximum absolute atomic E-state index is 12.8. The Balaban J connectivity index is 1.84. The van der Waals surface area contributed by atoms with Gasteiger partial charge >= 0.3 is 17.8 Å². The summed E-state index contributed by atoms with van der Waals surface area (Å²) >= 11 is 0. The van der Waals surface area contributed by atoms with Crippen LogP contribution in [-0.4, -0.2) is 15.1 Å². The van der Waals surface area contributed by atoms with Crippen molar-refractivity contribution >= 4 is 16.9 Å². The molecule has 152 valence electrons. The van der Waals surface area contributed by atoms with Crippen LogP contribution in [0.25, 0.3) is 10.9 Å². The van der Waals surface area contributed by atoms with E-state index < -0.39 is 35.5 Å². The van der Waals surface area contributed by atoms with E-state index in [4.69, 9.17) is 4.74 Å². The van der Waals surface area contributed by atoms with Gasteiger partial charge < -0.3 is 4.74 Å². The molecule has 9 heteroatoms. The third-order valence-electron chi connectivity index (χ3n) is 4.39. The average Bonchev–Trinajstić information content (AvgIpc) is 2.69. The van der Waals surface area contributed by atoms with E-state index in [1.807, 2.05) is 0 Å². The zero-order chi connectivity index (χ0) is 21.2. The van der Waals surface area contributed by atoms with Crippen molar-refractivity contribution in [3.8, 4) is 0 Å². The van der Waals surface area contributed by atoms with Gasteiger partial charge in [0, 0.05) is 6.54 Å². The quantitative estimate of drug-likeness (QED) is 0.611. The standard InChI is InChI=1S/C20H17F3N2O4/c1-2-24-18(27)15-8-3-4-9-16(15)25(19(24)28)11-17(26)29-12-13-6-5-7-14(10-13)20(21,22)23/h3-10H,2,11-12H2,1H3. The number of hydrogen-bond acceptors (Lipinski definition) is 4. The second-order valence-corrected chi connectivity index (χ2v) is 6.29. The van der Waals surface area contributed by atoms with Gasteiger partial charge in [0.05, 0.1) is 16.5 Å². The Hall–Kier alpha value is -3.36. The number of fused-ring (bicyclic) bond motifs is 1. The van der Waals surface area contributed by atoms with Gasteiger partial charge in [-0.3, -0.25) is 18.7 Å². The molecule has 0 aliphatic heterocycles. The van der Waals surface area contributed by atoms with E-state index in [9.17, 15) is 27.6 Å². The van der Waals surface area contributed by atoms with Gasteiger partial charge in [0.15, 0.2) is 0 Å². The van der Waals surface area contributed by atoms with Crippen LogP contribution in [0.15, 0.2) is 58.1 Å². The van der Waals surface area contributed by atoms with Crippen molar-refractivity contribution in [1.29, 1.82) is 0 Å². The number of halogens is 3. The van der Waals surface area contributed by atoms with Crippen molar-refractivity contribution in [3.05, 3.63) is 80.5 Å². The zero-order valence-corrected chi connectivity index (χ0v) is 15.4. The van der Waals surface area contributed by atoms with Crippen LogP contribution in [0.5, 0.6) is 0 Å². The molecular weight excluding hydrogens is 389 g/mol. The molecule has 0 N–H and O–H groups in total. The molecule has 0 amide bonds. The minimum atomic E-state index is -4.50. The van der Waals surface area contributed by atoms with E-state index in [2.05, 4.69) is 0 Å². The molecule has 0 atom stereocenters. The summed E-state index contributed by atoms with van der Waals surface area (Å²) in [4.78, 5) is 37.2. The van der Waals surface area contributed by atoms with Crippen LogP contribution in [-0.2, 0) is 35.4 Å². The number of benzene rings is 2. The van der Waals surface area contributed by atoms with Crippen molar-refractivity contribution in [1.82, 2.24) is 9.13 Å². The molecule has 0 unspecified atom stereocenters. The van der Waals surface area contributed by atoms with Crippen molar-refractivity contribution < 1.29 is 22.7 Å². The SMILES string of the molecule is CCn1c(=O)c2ccccc2n(CC(=O)OCc2cccc(C(F)(F)F)c2)c1=O. The first-order valence-electron chi connectivity index (χ1n) is 8.76. The second kappa shape index (κ2) is 7.94. The van der Waals surface area contributed by atoms with Gasteiger partial charge in [0.1, 0.15) is 13.2 Å². The summed E-state index contributed by atoms with van der Waals surface area (Å²) in [6.45, 7) is 0.914. The third-order valence-corrected chi connectivity index (χ3v) is 4.39. The lowest BCUT2D eigenvalue weighted by Gasteiger charge is -2.13. The molecule has 0 bridgehead atoms. The number of rotatable bonds is 5. The normalized spacial score (nSPS) is 11.6. The highest BCUT2D eigenvalue weighted by Crippen LogP contribution is 2.29. The number of esters is 1. The summed E-state index contributed by atoms with van der Waals surface area (Å²) in [6, 6.07) is 10.8. The van der Waals surface area contributed by atoms with Gasteiger partial charge in [-0.1, -0.05) is 24.3 Å². The second-order valence-electron chi connectivity index (χ2n) is 6.29. The van der Waals surface area contributed by atoms with Crippen molar-refractivity contribution in [2.24, 2.45) is 0 Å². The Morgan fingerprint density at radius 3 is 2.45 bits per heavy atom. The molecule has 0 spiro atoms.